The molecule has 0 heterocycles. The fraction of sp³-hybridized carbons (Fsp3) is 0.941. The molecule has 0 rings (SSSR count). The second-order valence-corrected chi connectivity index (χ2v) is 5.26. The molecule has 1 amide bonds. The molecular weight excluding hydrogens is 315 g/mol. The normalized spacial score (nSPS) is 14.3. The van der Waals surface area contributed by atoms with E-state index in [1.807, 2.05) is 34.6 Å². The van der Waals surface area contributed by atoms with Crippen LogP contribution in [0.25, 0.3) is 0 Å². The van der Waals surface area contributed by atoms with Crippen LogP contribution in [0.1, 0.15) is 43.9 Å². The number of ether oxygens (including phenoxy) is 3. The first kappa shape index (κ1) is 25.5. The van der Waals surface area contributed by atoms with Crippen LogP contribution in [0.3, 0.4) is 0 Å². The van der Waals surface area contributed by atoms with Crippen LogP contribution in [0, 0.1) is 5.92 Å². The molecule has 7 heteroatoms. The number of nitrogens with one attached hydrogen (secondary N) is 1. The van der Waals surface area contributed by atoms with Gasteiger partial charge in [0.2, 0.25) is 5.91 Å². The first-order valence-corrected chi connectivity index (χ1v) is 8.90. The van der Waals surface area contributed by atoms with Gasteiger partial charge in [-0.05, 0) is 13.3 Å². The van der Waals surface area contributed by atoms with E-state index in [-0.39, 0.29) is 33.9 Å². The highest BCUT2D eigenvalue weighted by molar-refractivity contribution is 5.78. The number of hydrogen-bond acceptors (Lipinski definition) is 5. The first-order chi connectivity index (χ1) is 11.5. The van der Waals surface area contributed by atoms with Crippen LogP contribution in [0.15, 0.2) is 0 Å². The van der Waals surface area contributed by atoms with Crippen molar-refractivity contribution in [2.24, 2.45) is 11.7 Å². The molecule has 0 aromatic rings. The third-order valence-electron chi connectivity index (χ3n) is 3.19. The molecule has 24 heavy (non-hydrogen) atoms. The van der Waals surface area contributed by atoms with Crippen molar-refractivity contribution in [2.45, 2.75) is 53.3 Å². The van der Waals surface area contributed by atoms with Gasteiger partial charge in [0, 0.05) is 15.3 Å². The number of alkyl halides is 1. The fourth-order valence-corrected chi connectivity index (χ4v) is 1.44. The van der Waals surface area contributed by atoms with Gasteiger partial charge in [0.15, 0.2) is 0 Å². The van der Waals surface area contributed by atoms with E-state index in [9.17, 15) is 9.18 Å². The van der Waals surface area contributed by atoms with E-state index in [1.165, 1.54) is 0 Å². The minimum atomic E-state index is -1.21. The van der Waals surface area contributed by atoms with Crippen molar-refractivity contribution in [3.63, 3.8) is 0 Å². The summed E-state index contributed by atoms with van der Waals surface area (Å²) in [5.41, 5.74) is 5.40. The van der Waals surface area contributed by atoms with Gasteiger partial charge in [0.05, 0.1) is 45.7 Å². The molecule has 0 saturated carbocycles. The van der Waals surface area contributed by atoms with Crippen molar-refractivity contribution < 1.29 is 26.2 Å². The quantitative estimate of drug-likeness (QED) is 0.467. The Balaban J connectivity index is -0.000000582. The van der Waals surface area contributed by atoms with Gasteiger partial charge in [0.25, 0.3) is 0 Å². The van der Waals surface area contributed by atoms with Crippen LogP contribution in [0.5, 0.6) is 0 Å². The highest BCUT2D eigenvalue weighted by Gasteiger charge is 2.13. The monoisotopic (exact) mass is 356 g/mol. The standard InChI is InChI=1S/C15H31FN2O4.C2H6.2H2/c1-4-12(2)15(19)18-10-14(16)11-21-6-5-20-7-8-22-13(3)9-17;1-2;;/h12-14H,4-11,17H2,1-3H3,(H,18,19);1-2H3;2*1H. The van der Waals surface area contributed by atoms with E-state index in [0.717, 1.165) is 6.42 Å². The average molecular weight is 357 g/mol. The molecule has 0 aromatic heterocycles. The van der Waals surface area contributed by atoms with Gasteiger partial charge >= 0.3 is 0 Å². The zero-order valence-electron chi connectivity index (χ0n) is 16.0. The van der Waals surface area contributed by atoms with Crippen LogP contribution >= 0.6 is 0 Å². The molecule has 3 unspecified atom stereocenters. The maximum atomic E-state index is 13.5. The number of amides is 1. The third-order valence-corrected chi connectivity index (χ3v) is 3.19. The number of rotatable bonds is 14. The molecule has 6 nitrogen and oxygen atoms in total. The lowest BCUT2D eigenvalue weighted by Gasteiger charge is -2.13. The molecule has 0 spiro atoms. The first-order valence-electron chi connectivity index (χ1n) is 8.90. The average Bonchev–Trinajstić information content (AvgIpc) is 2.62. The van der Waals surface area contributed by atoms with E-state index in [2.05, 4.69) is 5.32 Å². The van der Waals surface area contributed by atoms with Crippen molar-refractivity contribution in [3.05, 3.63) is 0 Å². The van der Waals surface area contributed by atoms with Gasteiger partial charge in [-0.3, -0.25) is 4.79 Å². The highest BCUT2D eigenvalue weighted by atomic mass is 19.1. The number of halogens is 1. The Bertz CT molecular complexity index is 293. The van der Waals surface area contributed by atoms with Gasteiger partial charge < -0.3 is 25.3 Å². The molecular formula is C17H41FN2O4. The molecule has 3 atom stereocenters. The summed E-state index contributed by atoms with van der Waals surface area (Å²) in [5.74, 6) is -0.217. The second-order valence-electron chi connectivity index (χ2n) is 5.26. The van der Waals surface area contributed by atoms with Crippen molar-refractivity contribution in [2.75, 3.05) is 46.1 Å². The molecule has 0 fully saturated rings. The maximum Gasteiger partial charge on any atom is 0.222 e. The third kappa shape index (κ3) is 16.1. The number of nitrogens with two attached hydrogens (primary N) is 1. The molecule has 0 aliphatic carbocycles. The van der Waals surface area contributed by atoms with Crippen molar-refractivity contribution in [3.8, 4) is 0 Å². The van der Waals surface area contributed by atoms with Gasteiger partial charge in [-0.15, -0.1) is 0 Å². The zero-order valence-corrected chi connectivity index (χ0v) is 16.0. The maximum absolute atomic E-state index is 13.5. The number of carbonyl (C=O) groups is 1. The molecule has 0 saturated heterocycles. The second kappa shape index (κ2) is 18.6. The van der Waals surface area contributed by atoms with E-state index in [0.29, 0.717) is 33.0 Å². The zero-order chi connectivity index (χ0) is 18.8. The summed E-state index contributed by atoms with van der Waals surface area (Å²) >= 11 is 0. The summed E-state index contributed by atoms with van der Waals surface area (Å²) in [5, 5.41) is 2.57. The van der Waals surface area contributed by atoms with E-state index >= 15 is 0 Å². The van der Waals surface area contributed by atoms with Gasteiger partial charge in [0.1, 0.15) is 6.17 Å². The smallest absolute Gasteiger partial charge is 0.222 e. The number of hydrogen-bond donors (Lipinski definition) is 2. The summed E-state index contributed by atoms with van der Waals surface area (Å²) < 4.78 is 29.2. The molecule has 0 radical (unpaired) electrons. The molecule has 3 N–H and O–H groups in total. The predicted molar refractivity (Wildman–Crippen MR) is 99.0 cm³/mol. The summed E-state index contributed by atoms with van der Waals surface area (Å²) in [6.45, 7) is 11.7. The molecule has 150 valence electrons. The Labute approximate surface area is 149 Å². The Hall–Kier alpha value is -0.760. The van der Waals surface area contributed by atoms with E-state index in [4.69, 9.17) is 19.9 Å². The van der Waals surface area contributed by atoms with Crippen LogP contribution < -0.4 is 11.1 Å². The Morgan fingerprint density at radius 1 is 1.17 bits per heavy atom. The summed E-state index contributed by atoms with van der Waals surface area (Å²) in [6, 6.07) is 0. The Morgan fingerprint density at radius 2 is 1.75 bits per heavy atom. The minimum absolute atomic E-state index is 0. The van der Waals surface area contributed by atoms with Crippen LogP contribution in [0.2, 0.25) is 0 Å². The fourth-order valence-electron chi connectivity index (χ4n) is 1.44. The largest absolute Gasteiger partial charge is 0.377 e. The van der Waals surface area contributed by atoms with Crippen LogP contribution in [-0.2, 0) is 19.0 Å². The van der Waals surface area contributed by atoms with Crippen molar-refractivity contribution in [1.29, 1.82) is 0 Å². The van der Waals surface area contributed by atoms with Gasteiger partial charge in [-0.1, -0.05) is 27.7 Å². The SMILES string of the molecule is CC.CCC(C)C(=O)NCC(F)COCCOCCOC(C)CN.[HH].[HH]. The lowest BCUT2D eigenvalue weighted by molar-refractivity contribution is -0.124. The summed E-state index contributed by atoms with van der Waals surface area (Å²) in [7, 11) is 0. The lowest BCUT2D eigenvalue weighted by atomic mass is 10.1. The summed E-state index contributed by atoms with van der Waals surface area (Å²) in [6.07, 6.45) is -0.441. The molecule has 0 aromatic carbocycles. The molecule has 0 bridgehead atoms. The topological polar surface area (TPSA) is 82.8 Å². The molecule has 0 aliphatic heterocycles. The molecule has 0 aliphatic rings. The van der Waals surface area contributed by atoms with Crippen molar-refractivity contribution >= 4 is 5.91 Å². The number of carbonyl (C=O) groups excluding carboxylic acids is 1. The van der Waals surface area contributed by atoms with Crippen molar-refractivity contribution in [1.82, 2.24) is 5.32 Å². The highest BCUT2D eigenvalue weighted by Crippen LogP contribution is 2.00. The van der Waals surface area contributed by atoms with Gasteiger partial charge in [-0.25, -0.2) is 4.39 Å². The summed E-state index contributed by atoms with van der Waals surface area (Å²) in [4.78, 5) is 11.5. The predicted octanol–water partition coefficient (Wildman–Crippen LogP) is 2.40. The van der Waals surface area contributed by atoms with E-state index in [1.54, 1.807) is 0 Å². The van der Waals surface area contributed by atoms with Crippen LogP contribution in [0.4, 0.5) is 4.39 Å². The van der Waals surface area contributed by atoms with Crippen LogP contribution in [-0.4, -0.2) is 64.3 Å². The van der Waals surface area contributed by atoms with E-state index < -0.39 is 6.17 Å². The Kier molecular flexibility index (Phi) is 19.7. The van der Waals surface area contributed by atoms with Gasteiger partial charge in [-0.2, -0.15) is 0 Å². The lowest BCUT2D eigenvalue weighted by Crippen LogP contribution is -2.35. The Morgan fingerprint density at radius 3 is 2.33 bits per heavy atom. The minimum Gasteiger partial charge on any atom is -0.377 e.